The van der Waals surface area contributed by atoms with Crippen molar-refractivity contribution in [2.24, 2.45) is 0 Å². The van der Waals surface area contributed by atoms with Crippen LogP contribution in [0.3, 0.4) is 0 Å². The number of amides is 1. The monoisotopic (exact) mass is 422 g/mol. The molecule has 0 bridgehead atoms. The normalized spacial score (nSPS) is 11.6. The van der Waals surface area contributed by atoms with Gasteiger partial charge in [0.15, 0.2) is 0 Å². The van der Waals surface area contributed by atoms with E-state index in [9.17, 15) is 18.0 Å². The molecule has 0 saturated heterocycles. The molecular weight excluding hydrogens is 409 g/mol. The van der Waals surface area contributed by atoms with Crippen LogP contribution in [0.1, 0.15) is 10.4 Å². The quantitative estimate of drug-likeness (QED) is 0.573. The van der Waals surface area contributed by atoms with Crippen LogP contribution in [0, 0.1) is 0 Å². The van der Waals surface area contributed by atoms with Gasteiger partial charge in [0.2, 0.25) is 0 Å². The van der Waals surface area contributed by atoms with E-state index in [1.54, 1.807) is 30.3 Å². The van der Waals surface area contributed by atoms with E-state index in [-0.39, 0.29) is 5.56 Å². The molecule has 0 aliphatic rings. The molecule has 0 saturated carbocycles. The Hall–Kier alpha value is -2.41. The summed E-state index contributed by atoms with van der Waals surface area (Å²) in [6.45, 7) is -1.31. The maximum absolute atomic E-state index is 12.7. The maximum atomic E-state index is 12.7. The molecule has 0 spiro atoms. The van der Waals surface area contributed by atoms with E-state index in [4.69, 9.17) is 0 Å². The molecule has 134 valence electrons. The standard InChI is InChI=1S/C19H14BrF3N2O/c1-25(11-19(21,22)23)18(26)15-10-17(12-6-8-13(20)9-7-12)24-16-5-3-2-4-14(15)16/h2-10H,11H2,1H3. The average Bonchev–Trinajstić information content (AvgIpc) is 2.59. The van der Waals surface area contributed by atoms with E-state index in [1.165, 1.54) is 0 Å². The van der Waals surface area contributed by atoms with Gasteiger partial charge in [0.05, 0.1) is 16.8 Å². The maximum Gasteiger partial charge on any atom is 0.406 e. The summed E-state index contributed by atoms with van der Waals surface area (Å²) in [5.74, 6) is -0.695. The zero-order chi connectivity index (χ0) is 18.9. The lowest BCUT2D eigenvalue weighted by atomic mass is 10.0. The van der Waals surface area contributed by atoms with E-state index in [0.29, 0.717) is 21.5 Å². The predicted octanol–water partition coefficient (Wildman–Crippen LogP) is 5.30. The van der Waals surface area contributed by atoms with Crippen molar-refractivity contribution in [1.82, 2.24) is 9.88 Å². The van der Waals surface area contributed by atoms with Gasteiger partial charge in [-0.25, -0.2) is 4.98 Å². The van der Waals surface area contributed by atoms with Gasteiger partial charge < -0.3 is 4.90 Å². The molecule has 3 aromatic rings. The number of halogens is 4. The number of hydrogen-bond donors (Lipinski definition) is 0. The van der Waals surface area contributed by atoms with Crippen LogP contribution < -0.4 is 0 Å². The van der Waals surface area contributed by atoms with Crippen molar-refractivity contribution in [2.75, 3.05) is 13.6 Å². The minimum absolute atomic E-state index is 0.195. The largest absolute Gasteiger partial charge is 0.406 e. The summed E-state index contributed by atoms with van der Waals surface area (Å²) in [7, 11) is 1.14. The number of alkyl halides is 3. The van der Waals surface area contributed by atoms with Crippen molar-refractivity contribution < 1.29 is 18.0 Å². The zero-order valence-corrected chi connectivity index (χ0v) is 15.3. The number of para-hydroxylation sites is 1. The molecule has 2 aromatic carbocycles. The number of fused-ring (bicyclic) bond motifs is 1. The summed E-state index contributed by atoms with van der Waals surface area (Å²) in [6, 6.07) is 15.8. The third-order valence-corrected chi connectivity index (χ3v) is 4.38. The van der Waals surface area contributed by atoms with Crippen molar-refractivity contribution in [1.29, 1.82) is 0 Å². The van der Waals surface area contributed by atoms with Crippen molar-refractivity contribution >= 4 is 32.7 Å². The third kappa shape index (κ3) is 4.04. The van der Waals surface area contributed by atoms with Crippen LogP contribution in [-0.2, 0) is 0 Å². The van der Waals surface area contributed by atoms with Crippen LogP contribution in [-0.4, -0.2) is 35.6 Å². The Bertz CT molecular complexity index is 955. The smallest absolute Gasteiger partial charge is 0.333 e. The molecule has 1 amide bonds. The van der Waals surface area contributed by atoms with Gasteiger partial charge in [-0.05, 0) is 24.3 Å². The van der Waals surface area contributed by atoms with E-state index in [2.05, 4.69) is 20.9 Å². The van der Waals surface area contributed by atoms with E-state index in [0.717, 1.165) is 17.1 Å². The fourth-order valence-electron chi connectivity index (χ4n) is 2.67. The molecule has 0 atom stereocenters. The van der Waals surface area contributed by atoms with Gasteiger partial charge in [0.25, 0.3) is 5.91 Å². The number of rotatable bonds is 3. The Balaban J connectivity index is 2.11. The molecule has 1 heterocycles. The van der Waals surface area contributed by atoms with E-state index in [1.807, 2.05) is 24.3 Å². The zero-order valence-electron chi connectivity index (χ0n) is 13.7. The number of nitrogens with zero attached hydrogens (tertiary/aromatic N) is 2. The molecule has 0 radical (unpaired) electrons. The Kier molecular flexibility index (Phi) is 5.00. The van der Waals surface area contributed by atoms with E-state index < -0.39 is 18.6 Å². The van der Waals surface area contributed by atoms with Gasteiger partial charge in [-0.15, -0.1) is 0 Å². The highest BCUT2D eigenvalue weighted by molar-refractivity contribution is 9.10. The van der Waals surface area contributed by atoms with Crippen LogP contribution >= 0.6 is 15.9 Å². The van der Waals surface area contributed by atoms with Crippen LogP contribution in [0.2, 0.25) is 0 Å². The molecule has 7 heteroatoms. The summed E-state index contributed by atoms with van der Waals surface area (Å²) in [5.41, 5.74) is 2.04. The SMILES string of the molecule is CN(CC(F)(F)F)C(=O)c1cc(-c2ccc(Br)cc2)nc2ccccc12. The van der Waals surface area contributed by atoms with E-state index >= 15 is 0 Å². The summed E-state index contributed by atoms with van der Waals surface area (Å²) < 4.78 is 38.9. The molecule has 3 rings (SSSR count). The number of benzene rings is 2. The number of carbonyl (C=O) groups is 1. The third-order valence-electron chi connectivity index (χ3n) is 3.85. The molecule has 0 N–H and O–H groups in total. The molecule has 0 unspecified atom stereocenters. The first-order valence-electron chi connectivity index (χ1n) is 7.72. The fraction of sp³-hybridized carbons (Fsp3) is 0.158. The van der Waals surface area contributed by atoms with Crippen LogP contribution in [0.5, 0.6) is 0 Å². The predicted molar refractivity (Wildman–Crippen MR) is 97.9 cm³/mol. The Morgan fingerprint density at radius 3 is 2.42 bits per heavy atom. The fourth-order valence-corrected chi connectivity index (χ4v) is 2.93. The topological polar surface area (TPSA) is 33.2 Å². The van der Waals surface area contributed by atoms with Gasteiger partial charge in [-0.3, -0.25) is 4.79 Å². The molecule has 0 aliphatic carbocycles. The van der Waals surface area contributed by atoms with Crippen molar-refractivity contribution in [3.8, 4) is 11.3 Å². The molecule has 26 heavy (non-hydrogen) atoms. The van der Waals surface area contributed by atoms with Crippen LogP contribution in [0.4, 0.5) is 13.2 Å². The van der Waals surface area contributed by atoms with Gasteiger partial charge in [0, 0.05) is 22.5 Å². The Labute approximate surface area is 156 Å². The van der Waals surface area contributed by atoms with Crippen LogP contribution in [0.25, 0.3) is 22.2 Å². The number of aromatic nitrogens is 1. The lowest BCUT2D eigenvalue weighted by Gasteiger charge is -2.20. The highest BCUT2D eigenvalue weighted by atomic mass is 79.9. The van der Waals surface area contributed by atoms with Gasteiger partial charge in [-0.1, -0.05) is 46.3 Å². The first kappa shape index (κ1) is 18.4. The summed E-state index contributed by atoms with van der Waals surface area (Å²) in [4.78, 5) is 17.9. The number of pyridine rings is 1. The molecule has 0 fully saturated rings. The first-order chi connectivity index (χ1) is 12.2. The van der Waals surface area contributed by atoms with Gasteiger partial charge in [0.1, 0.15) is 6.54 Å². The van der Waals surface area contributed by atoms with Crippen molar-refractivity contribution in [2.45, 2.75) is 6.18 Å². The highest BCUT2D eigenvalue weighted by Gasteiger charge is 2.32. The van der Waals surface area contributed by atoms with Crippen LogP contribution in [0.15, 0.2) is 59.1 Å². The lowest BCUT2D eigenvalue weighted by molar-refractivity contribution is -0.138. The number of carbonyl (C=O) groups excluding carboxylic acids is 1. The van der Waals surface area contributed by atoms with Gasteiger partial charge in [-0.2, -0.15) is 13.2 Å². The lowest BCUT2D eigenvalue weighted by Crippen LogP contribution is -2.36. The molecule has 1 aromatic heterocycles. The second-order valence-corrected chi connectivity index (χ2v) is 6.77. The summed E-state index contributed by atoms with van der Waals surface area (Å²) >= 11 is 3.35. The highest BCUT2D eigenvalue weighted by Crippen LogP contribution is 2.27. The Morgan fingerprint density at radius 1 is 1.12 bits per heavy atom. The summed E-state index contributed by atoms with van der Waals surface area (Å²) in [6.07, 6.45) is -4.46. The second-order valence-electron chi connectivity index (χ2n) is 5.86. The van der Waals surface area contributed by atoms with Crippen molar-refractivity contribution in [3.63, 3.8) is 0 Å². The van der Waals surface area contributed by atoms with Crippen molar-refractivity contribution in [3.05, 3.63) is 64.6 Å². The molecule has 3 nitrogen and oxygen atoms in total. The average molecular weight is 423 g/mol. The number of hydrogen-bond acceptors (Lipinski definition) is 2. The molecule has 0 aliphatic heterocycles. The second kappa shape index (κ2) is 7.07. The minimum Gasteiger partial charge on any atom is -0.333 e. The Morgan fingerprint density at radius 2 is 1.77 bits per heavy atom. The van der Waals surface area contributed by atoms with Gasteiger partial charge >= 0.3 is 6.18 Å². The molecular formula is C19H14BrF3N2O. The minimum atomic E-state index is -4.46. The first-order valence-corrected chi connectivity index (χ1v) is 8.52. The summed E-state index contributed by atoms with van der Waals surface area (Å²) in [5, 5.41) is 0.521.